The van der Waals surface area contributed by atoms with Gasteiger partial charge in [0.15, 0.2) is 6.10 Å². The van der Waals surface area contributed by atoms with Crippen LogP contribution in [0.4, 0.5) is 18.9 Å². The van der Waals surface area contributed by atoms with Gasteiger partial charge in [-0.25, -0.2) is 0 Å². The number of alkyl halides is 3. The fourth-order valence-electron chi connectivity index (χ4n) is 1.85. The van der Waals surface area contributed by atoms with Crippen LogP contribution < -0.4 is 10.1 Å². The topological polar surface area (TPSA) is 38.3 Å². The van der Waals surface area contributed by atoms with Gasteiger partial charge in [-0.15, -0.1) is 0 Å². The minimum absolute atomic E-state index is 0.148. The van der Waals surface area contributed by atoms with Crippen LogP contribution in [0.1, 0.15) is 12.5 Å². The van der Waals surface area contributed by atoms with Crippen LogP contribution in [0.25, 0.3) is 0 Å². The molecule has 0 spiro atoms. The molecule has 0 aliphatic rings. The molecule has 0 bridgehead atoms. The zero-order chi connectivity index (χ0) is 17.9. The molecule has 24 heavy (non-hydrogen) atoms. The maximum atomic E-state index is 12.5. The minimum Gasteiger partial charge on any atom is -0.481 e. The summed E-state index contributed by atoms with van der Waals surface area (Å²) in [6, 6.07) is 8.62. The Balaban J connectivity index is 2.01. The van der Waals surface area contributed by atoms with Crippen molar-refractivity contribution in [2.45, 2.75) is 19.2 Å². The number of amides is 1. The van der Waals surface area contributed by atoms with Crippen molar-refractivity contribution < 1.29 is 22.7 Å². The van der Waals surface area contributed by atoms with Gasteiger partial charge in [-0.05, 0) is 49.4 Å². The van der Waals surface area contributed by atoms with Gasteiger partial charge in [0.25, 0.3) is 5.91 Å². The van der Waals surface area contributed by atoms with Crippen LogP contribution in [0.5, 0.6) is 5.75 Å². The number of carbonyl (C=O) groups is 1. The van der Waals surface area contributed by atoms with Crippen LogP contribution in [0.3, 0.4) is 0 Å². The van der Waals surface area contributed by atoms with Crippen LogP contribution in [-0.4, -0.2) is 12.0 Å². The normalized spacial score (nSPS) is 12.6. The average Bonchev–Trinajstić information content (AvgIpc) is 2.45. The SMILES string of the molecule is C[C@@H](Oc1ccc(C(F)(F)F)cc1)C(=O)Nc1cc(Cl)cc(Cl)c1. The second-order valence-electron chi connectivity index (χ2n) is 4.93. The van der Waals surface area contributed by atoms with E-state index in [0.717, 1.165) is 24.3 Å². The summed E-state index contributed by atoms with van der Waals surface area (Å²) in [7, 11) is 0. The van der Waals surface area contributed by atoms with Crippen molar-refractivity contribution in [1.82, 2.24) is 0 Å². The molecule has 2 rings (SSSR count). The molecule has 0 unspecified atom stereocenters. The first-order valence-corrected chi connectivity index (χ1v) is 7.51. The number of hydrogen-bond acceptors (Lipinski definition) is 2. The number of anilines is 1. The lowest BCUT2D eigenvalue weighted by molar-refractivity contribution is -0.137. The van der Waals surface area contributed by atoms with E-state index in [4.69, 9.17) is 27.9 Å². The lowest BCUT2D eigenvalue weighted by Gasteiger charge is -2.15. The maximum Gasteiger partial charge on any atom is 0.416 e. The van der Waals surface area contributed by atoms with Crippen molar-refractivity contribution >= 4 is 34.8 Å². The lowest BCUT2D eigenvalue weighted by Crippen LogP contribution is -2.30. The van der Waals surface area contributed by atoms with E-state index >= 15 is 0 Å². The molecular formula is C16H12Cl2F3NO2. The molecule has 0 fully saturated rings. The summed E-state index contributed by atoms with van der Waals surface area (Å²) in [5.41, 5.74) is -0.402. The molecule has 1 amide bonds. The highest BCUT2D eigenvalue weighted by Crippen LogP contribution is 2.30. The number of carbonyl (C=O) groups excluding carboxylic acids is 1. The van der Waals surface area contributed by atoms with Gasteiger partial charge in [-0.3, -0.25) is 4.79 Å². The molecule has 0 aromatic heterocycles. The largest absolute Gasteiger partial charge is 0.481 e. The van der Waals surface area contributed by atoms with E-state index in [1.807, 2.05) is 0 Å². The third-order valence-corrected chi connectivity index (χ3v) is 3.43. The average molecular weight is 378 g/mol. The van der Waals surface area contributed by atoms with Gasteiger partial charge in [0.1, 0.15) is 5.75 Å². The molecule has 1 N–H and O–H groups in total. The fraction of sp³-hybridized carbons (Fsp3) is 0.188. The second-order valence-corrected chi connectivity index (χ2v) is 5.80. The van der Waals surface area contributed by atoms with Crippen LogP contribution in [-0.2, 0) is 11.0 Å². The Kier molecular flexibility index (Phi) is 5.62. The predicted molar refractivity (Wildman–Crippen MR) is 86.6 cm³/mol. The molecule has 0 heterocycles. The Labute approximate surface area is 146 Å². The number of ether oxygens (including phenoxy) is 1. The van der Waals surface area contributed by atoms with Gasteiger partial charge in [0, 0.05) is 15.7 Å². The molecule has 0 saturated heterocycles. The summed E-state index contributed by atoms with van der Waals surface area (Å²) >= 11 is 11.7. The molecule has 0 aliphatic carbocycles. The number of rotatable bonds is 4. The van der Waals surface area contributed by atoms with E-state index in [1.54, 1.807) is 0 Å². The molecule has 3 nitrogen and oxygen atoms in total. The molecular weight excluding hydrogens is 366 g/mol. The maximum absolute atomic E-state index is 12.5. The van der Waals surface area contributed by atoms with E-state index in [0.29, 0.717) is 15.7 Å². The Morgan fingerprint density at radius 2 is 1.62 bits per heavy atom. The summed E-state index contributed by atoms with van der Waals surface area (Å²) in [6.07, 6.45) is -5.35. The Hall–Kier alpha value is -1.92. The summed E-state index contributed by atoms with van der Waals surface area (Å²) < 4.78 is 42.8. The first kappa shape index (κ1) is 18.4. The van der Waals surface area contributed by atoms with E-state index in [1.165, 1.54) is 25.1 Å². The Morgan fingerprint density at radius 3 is 2.12 bits per heavy atom. The highest BCUT2D eigenvalue weighted by atomic mass is 35.5. The summed E-state index contributed by atoms with van der Waals surface area (Å²) in [6.45, 7) is 1.47. The molecule has 1 atom stereocenters. The molecule has 128 valence electrons. The van der Waals surface area contributed by atoms with E-state index < -0.39 is 23.8 Å². The van der Waals surface area contributed by atoms with Crippen molar-refractivity contribution in [2.75, 3.05) is 5.32 Å². The molecule has 2 aromatic carbocycles. The monoisotopic (exact) mass is 377 g/mol. The van der Waals surface area contributed by atoms with Gasteiger partial charge in [0.2, 0.25) is 0 Å². The molecule has 8 heteroatoms. The summed E-state index contributed by atoms with van der Waals surface area (Å²) in [5.74, 6) is -0.344. The fourth-order valence-corrected chi connectivity index (χ4v) is 2.38. The number of halogens is 5. The van der Waals surface area contributed by atoms with Gasteiger partial charge >= 0.3 is 6.18 Å². The first-order valence-electron chi connectivity index (χ1n) is 6.76. The van der Waals surface area contributed by atoms with Gasteiger partial charge in [0.05, 0.1) is 5.56 Å². The molecule has 0 radical (unpaired) electrons. The van der Waals surface area contributed by atoms with Crippen LogP contribution in [0.2, 0.25) is 10.0 Å². The van der Waals surface area contributed by atoms with Crippen molar-refractivity contribution in [2.24, 2.45) is 0 Å². The van der Waals surface area contributed by atoms with Crippen molar-refractivity contribution in [3.8, 4) is 5.75 Å². The highest BCUT2D eigenvalue weighted by Gasteiger charge is 2.30. The van der Waals surface area contributed by atoms with Crippen molar-refractivity contribution in [3.05, 3.63) is 58.1 Å². The smallest absolute Gasteiger partial charge is 0.416 e. The minimum atomic E-state index is -4.42. The third kappa shape index (κ3) is 5.04. The quantitative estimate of drug-likeness (QED) is 0.772. The molecule has 2 aromatic rings. The molecule has 0 aliphatic heterocycles. The zero-order valence-corrected chi connectivity index (χ0v) is 13.8. The Morgan fingerprint density at radius 1 is 1.08 bits per heavy atom. The van der Waals surface area contributed by atoms with Crippen LogP contribution in [0, 0.1) is 0 Å². The van der Waals surface area contributed by atoms with Crippen LogP contribution in [0.15, 0.2) is 42.5 Å². The second kappa shape index (κ2) is 7.32. The number of hydrogen-bond donors (Lipinski definition) is 1. The van der Waals surface area contributed by atoms with Gasteiger partial charge in [-0.1, -0.05) is 23.2 Å². The first-order chi connectivity index (χ1) is 11.1. The zero-order valence-electron chi connectivity index (χ0n) is 12.3. The van der Waals surface area contributed by atoms with Gasteiger partial charge in [-0.2, -0.15) is 13.2 Å². The number of benzene rings is 2. The third-order valence-electron chi connectivity index (χ3n) is 2.99. The van der Waals surface area contributed by atoms with E-state index in [9.17, 15) is 18.0 Å². The molecule has 0 saturated carbocycles. The van der Waals surface area contributed by atoms with Crippen LogP contribution >= 0.6 is 23.2 Å². The predicted octanol–water partition coefficient (Wildman–Crippen LogP) is 5.42. The number of nitrogens with one attached hydrogen (secondary N) is 1. The summed E-state index contributed by atoms with van der Waals surface area (Å²) in [5, 5.41) is 3.28. The Bertz CT molecular complexity index is 713. The highest BCUT2D eigenvalue weighted by molar-refractivity contribution is 6.35. The van der Waals surface area contributed by atoms with E-state index in [-0.39, 0.29) is 5.75 Å². The van der Waals surface area contributed by atoms with Crippen molar-refractivity contribution in [3.63, 3.8) is 0 Å². The van der Waals surface area contributed by atoms with E-state index in [2.05, 4.69) is 5.32 Å². The lowest BCUT2D eigenvalue weighted by atomic mass is 10.2. The summed E-state index contributed by atoms with van der Waals surface area (Å²) in [4.78, 5) is 12.1. The van der Waals surface area contributed by atoms with Gasteiger partial charge < -0.3 is 10.1 Å². The standard InChI is InChI=1S/C16H12Cl2F3NO2/c1-9(15(23)22-13-7-11(17)6-12(18)8-13)24-14-4-2-10(3-5-14)16(19,20)21/h2-9H,1H3,(H,22,23)/t9-/m1/s1. The van der Waals surface area contributed by atoms with Crippen molar-refractivity contribution in [1.29, 1.82) is 0 Å².